The monoisotopic (exact) mass is 479 g/mol. The first kappa shape index (κ1) is 21.3. The van der Waals surface area contributed by atoms with Crippen molar-refractivity contribution in [3.63, 3.8) is 0 Å². The number of aromatic nitrogens is 4. The summed E-state index contributed by atoms with van der Waals surface area (Å²) in [6.07, 6.45) is 5.94. The van der Waals surface area contributed by atoms with E-state index >= 15 is 0 Å². The van der Waals surface area contributed by atoms with Crippen molar-refractivity contribution in [2.45, 2.75) is 32.3 Å². The summed E-state index contributed by atoms with van der Waals surface area (Å²) in [5.74, 6) is 1.75. The van der Waals surface area contributed by atoms with E-state index in [9.17, 15) is 9.18 Å². The van der Waals surface area contributed by atoms with Crippen LogP contribution in [0.25, 0.3) is 16.6 Å². The molecule has 7 nitrogen and oxygen atoms in total. The third-order valence-electron chi connectivity index (χ3n) is 7.20. The highest BCUT2D eigenvalue weighted by Crippen LogP contribution is 2.62. The fourth-order valence-electron chi connectivity index (χ4n) is 5.66. The lowest BCUT2D eigenvalue weighted by molar-refractivity contribution is -0.121. The van der Waals surface area contributed by atoms with Gasteiger partial charge < -0.3 is 4.74 Å². The summed E-state index contributed by atoms with van der Waals surface area (Å²) in [7, 11) is 0. The molecule has 0 saturated heterocycles. The van der Waals surface area contributed by atoms with Crippen molar-refractivity contribution in [1.29, 1.82) is 0 Å². The van der Waals surface area contributed by atoms with Crippen LogP contribution in [0.4, 0.5) is 10.3 Å². The molecular formula is C25H23ClFN5O2. The standard InChI is InChI=1S/C25H23ClFN5O2/c1-2-16(24(33)30-25-29-22-6-3-13(26)12-32(22)31-25)23-17-10-15(11-18(17)23)34-21-7-8-28-20-5-4-14(27)9-19(20)21/h3-9,12,15-18,23H,2,10-11H2,1H3,(H,30,31,33)/t15?,16?,17-,18+,23?. The van der Waals surface area contributed by atoms with Crippen LogP contribution in [-0.4, -0.2) is 31.6 Å². The van der Waals surface area contributed by atoms with Crippen LogP contribution < -0.4 is 10.1 Å². The SMILES string of the molecule is CCC(C(=O)Nc1nc2ccc(Cl)cn2n1)C1[C@H]2CC(Oc3ccnc4ccc(F)cc34)C[C@@H]12. The van der Waals surface area contributed by atoms with Crippen molar-refractivity contribution in [1.82, 2.24) is 19.6 Å². The van der Waals surface area contributed by atoms with Crippen LogP contribution in [0.2, 0.25) is 5.02 Å². The summed E-state index contributed by atoms with van der Waals surface area (Å²) < 4.78 is 21.6. The summed E-state index contributed by atoms with van der Waals surface area (Å²) in [5, 5.41) is 8.44. The van der Waals surface area contributed by atoms with Crippen LogP contribution in [0.5, 0.6) is 5.75 Å². The van der Waals surface area contributed by atoms with E-state index in [2.05, 4.69) is 20.4 Å². The Morgan fingerprint density at radius 1 is 1.26 bits per heavy atom. The van der Waals surface area contributed by atoms with Gasteiger partial charge in [-0.3, -0.25) is 15.1 Å². The highest BCUT2D eigenvalue weighted by Gasteiger charge is 2.60. The van der Waals surface area contributed by atoms with Crippen molar-refractivity contribution in [2.75, 3.05) is 5.32 Å². The number of hydrogen-bond acceptors (Lipinski definition) is 5. The first-order valence-corrected chi connectivity index (χ1v) is 11.9. The van der Waals surface area contributed by atoms with Gasteiger partial charge in [0.05, 0.1) is 16.6 Å². The molecule has 3 unspecified atom stereocenters. The molecule has 9 heteroatoms. The van der Waals surface area contributed by atoms with Gasteiger partial charge in [0.25, 0.3) is 0 Å². The van der Waals surface area contributed by atoms with Crippen molar-refractivity contribution in [3.05, 3.63) is 59.6 Å². The molecule has 1 aromatic carbocycles. The maximum absolute atomic E-state index is 13.8. The van der Waals surface area contributed by atoms with Crippen LogP contribution in [0.3, 0.4) is 0 Å². The minimum atomic E-state index is -0.306. The second kappa shape index (κ2) is 8.20. The molecule has 1 amide bonds. The Bertz CT molecular complexity index is 1400. The molecule has 2 aliphatic carbocycles. The Hall–Kier alpha value is -3.26. The Labute approximate surface area is 200 Å². The number of nitrogens with one attached hydrogen (secondary N) is 1. The smallest absolute Gasteiger partial charge is 0.249 e. The number of hydrogen-bond donors (Lipinski definition) is 1. The summed E-state index contributed by atoms with van der Waals surface area (Å²) >= 11 is 6.00. The second-order valence-corrected chi connectivity index (χ2v) is 9.61. The normalized spacial score (nSPS) is 24.2. The fraction of sp³-hybridized carbons (Fsp3) is 0.360. The van der Waals surface area contributed by atoms with Crippen molar-refractivity contribution < 1.29 is 13.9 Å². The first-order valence-electron chi connectivity index (χ1n) is 11.5. The van der Waals surface area contributed by atoms with Gasteiger partial charge in [0.1, 0.15) is 11.6 Å². The molecule has 0 radical (unpaired) electrons. The van der Waals surface area contributed by atoms with Crippen LogP contribution >= 0.6 is 11.6 Å². The maximum atomic E-state index is 13.8. The van der Waals surface area contributed by atoms with Crippen LogP contribution in [0.1, 0.15) is 26.2 Å². The molecule has 3 aromatic heterocycles. The van der Waals surface area contributed by atoms with Crippen molar-refractivity contribution in [3.8, 4) is 5.75 Å². The van der Waals surface area contributed by atoms with Crippen molar-refractivity contribution in [2.24, 2.45) is 23.7 Å². The Morgan fingerprint density at radius 2 is 2.09 bits per heavy atom. The molecule has 0 spiro atoms. The minimum Gasteiger partial charge on any atom is -0.490 e. The average Bonchev–Trinajstić information content (AvgIpc) is 3.13. The molecule has 6 rings (SSSR count). The number of ether oxygens (including phenoxy) is 1. The van der Waals surface area contributed by atoms with Gasteiger partial charge in [-0.05, 0) is 73.4 Å². The van der Waals surface area contributed by atoms with E-state index in [1.165, 1.54) is 12.1 Å². The zero-order valence-corrected chi connectivity index (χ0v) is 19.2. The largest absolute Gasteiger partial charge is 0.490 e. The third-order valence-corrected chi connectivity index (χ3v) is 7.42. The van der Waals surface area contributed by atoms with E-state index in [1.807, 2.05) is 6.92 Å². The van der Waals surface area contributed by atoms with Gasteiger partial charge in [-0.15, -0.1) is 5.10 Å². The number of rotatable bonds is 6. The molecule has 5 atom stereocenters. The summed E-state index contributed by atoms with van der Waals surface area (Å²) in [4.78, 5) is 21.7. The Balaban J connectivity index is 1.10. The lowest BCUT2D eigenvalue weighted by atomic mass is 9.93. The van der Waals surface area contributed by atoms with Gasteiger partial charge in [-0.25, -0.2) is 8.91 Å². The number of fused-ring (bicyclic) bond motifs is 3. The van der Waals surface area contributed by atoms with E-state index in [-0.39, 0.29) is 29.7 Å². The fourth-order valence-corrected chi connectivity index (χ4v) is 5.81. The van der Waals surface area contributed by atoms with E-state index in [0.29, 0.717) is 45.1 Å². The van der Waals surface area contributed by atoms with Crippen LogP contribution in [0, 0.1) is 29.5 Å². The van der Waals surface area contributed by atoms with Crippen molar-refractivity contribution >= 4 is 40.0 Å². The molecule has 1 N–H and O–H groups in total. The van der Waals surface area contributed by atoms with Crippen LogP contribution in [-0.2, 0) is 4.79 Å². The first-order chi connectivity index (χ1) is 16.5. The van der Waals surface area contributed by atoms with E-state index in [4.69, 9.17) is 16.3 Å². The van der Waals surface area contributed by atoms with Gasteiger partial charge >= 0.3 is 0 Å². The number of pyridine rings is 2. The topological polar surface area (TPSA) is 81.4 Å². The molecule has 0 aliphatic heterocycles. The number of amides is 1. The minimum absolute atomic E-state index is 0.0445. The Kier molecular flexibility index (Phi) is 5.13. The second-order valence-electron chi connectivity index (χ2n) is 9.18. The number of carbonyl (C=O) groups is 1. The zero-order chi connectivity index (χ0) is 23.4. The summed E-state index contributed by atoms with van der Waals surface area (Å²) in [6, 6.07) is 9.82. The molecule has 0 bridgehead atoms. The highest BCUT2D eigenvalue weighted by atomic mass is 35.5. The van der Waals surface area contributed by atoms with Gasteiger partial charge in [-0.1, -0.05) is 18.5 Å². The van der Waals surface area contributed by atoms with E-state index < -0.39 is 0 Å². The summed E-state index contributed by atoms with van der Waals surface area (Å²) in [5.41, 5.74) is 1.34. The van der Waals surface area contributed by atoms with Gasteiger partial charge in [-0.2, -0.15) is 4.98 Å². The predicted octanol–water partition coefficient (Wildman–Crippen LogP) is 5.14. The van der Waals surface area contributed by atoms with Gasteiger partial charge in [0.2, 0.25) is 11.9 Å². The summed E-state index contributed by atoms with van der Waals surface area (Å²) in [6.45, 7) is 2.04. The van der Waals surface area contributed by atoms with E-state index in [0.717, 1.165) is 19.3 Å². The molecule has 4 aromatic rings. The lowest BCUT2D eigenvalue weighted by Crippen LogP contribution is -2.27. The molecular weight excluding hydrogens is 457 g/mol. The third kappa shape index (κ3) is 3.76. The Morgan fingerprint density at radius 3 is 2.88 bits per heavy atom. The molecule has 2 saturated carbocycles. The van der Waals surface area contributed by atoms with Gasteiger partial charge in [0.15, 0.2) is 5.65 Å². The number of nitrogens with zero attached hydrogens (tertiary/aromatic N) is 4. The lowest BCUT2D eigenvalue weighted by Gasteiger charge is -2.21. The molecule has 34 heavy (non-hydrogen) atoms. The molecule has 2 aliphatic rings. The van der Waals surface area contributed by atoms with Gasteiger partial charge in [0, 0.05) is 23.7 Å². The average molecular weight is 480 g/mol. The molecule has 174 valence electrons. The predicted molar refractivity (Wildman–Crippen MR) is 126 cm³/mol. The molecule has 3 heterocycles. The number of anilines is 1. The quantitative estimate of drug-likeness (QED) is 0.414. The highest BCUT2D eigenvalue weighted by molar-refractivity contribution is 6.30. The van der Waals surface area contributed by atoms with E-state index in [1.54, 1.807) is 41.2 Å². The number of carbonyl (C=O) groups excluding carboxylic acids is 1. The maximum Gasteiger partial charge on any atom is 0.249 e. The number of halogens is 2. The molecule has 2 fully saturated rings. The number of benzene rings is 1. The van der Waals surface area contributed by atoms with Crippen LogP contribution in [0.15, 0.2) is 48.8 Å². The zero-order valence-electron chi connectivity index (χ0n) is 18.5.